The molecule has 6 nitrogen and oxygen atoms in total. The first-order valence-corrected chi connectivity index (χ1v) is 9.26. The summed E-state index contributed by atoms with van der Waals surface area (Å²) in [6.45, 7) is 1.95. The summed E-state index contributed by atoms with van der Waals surface area (Å²) < 4.78 is 22.1. The molecule has 1 aromatic carbocycles. The minimum Gasteiger partial charge on any atom is -0.496 e. The predicted octanol–water partition coefficient (Wildman–Crippen LogP) is 3.19. The van der Waals surface area contributed by atoms with Gasteiger partial charge in [0.2, 0.25) is 0 Å². The number of ether oxygens (including phenoxy) is 1. The standard InChI is InChI=1S/C21H23FN4O2/c1-25-6-4-13(5-7-25)8-15-18(22)9-14(10-19(15)28-3)17-12-26(2)21(27)20-16(17)11-23-24-20/h8-12H,4-7H2,1-3H3,(H,23,24). The Kier molecular flexibility index (Phi) is 4.77. The van der Waals surface area contributed by atoms with E-state index in [9.17, 15) is 4.79 Å². The first-order chi connectivity index (χ1) is 13.5. The Morgan fingerprint density at radius 1 is 1.25 bits per heavy atom. The van der Waals surface area contributed by atoms with Crippen LogP contribution in [0.3, 0.4) is 0 Å². The Hall–Kier alpha value is -2.93. The predicted molar refractivity (Wildman–Crippen MR) is 108 cm³/mol. The molecule has 0 bridgehead atoms. The van der Waals surface area contributed by atoms with Gasteiger partial charge in [0.15, 0.2) is 0 Å². The van der Waals surface area contributed by atoms with Gasteiger partial charge in [0, 0.05) is 37.3 Å². The number of piperidine rings is 1. The molecule has 1 aliphatic rings. The summed E-state index contributed by atoms with van der Waals surface area (Å²) in [5.74, 6) is 0.137. The number of hydrogen-bond acceptors (Lipinski definition) is 4. The third-order valence-corrected chi connectivity index (χ3v) is 5.39. The summed E-state index contributed by atoms with van der Waals surface area (Å²) in [6.07, 6.45) is 7.06. The van der Waals surface area contributed by atoms with E-state index in [1.807, 2.05) is 12.1 Å². The van der Waals surface area contributed by atoms with Crippen LogP contribution < -0.4 is 10.3 Å². The zero-order valence-electron chi connectivity index (χ0n) is 16.3. The molecular formula is C21H23FN4O2. The fourth-order valence-corrected chi connectivity index (χ4v) is 3.69. The van der Waals surface area contributed by atoms with E-state index in [4.69, 9.17) is 4.74 Å². The van der Waals surface area contributed by atoms with Crippen molar-refractivity contribution >= 4 is 17.0 Å². The molecule has 3 aromatic rings. The lowest BCUT2D eigenvalue weighted by Crippen LogP contribution is -2.26. The lowest BCUT2D eigenvalue weighted by atomic mass is 9.97. The number of hydrogen-bond donors (Lipinski definition) is 1. The van der Waals surface area contributed by atoms with Crippen LogP contribution in [0, 0.1) is 5.82 Å². The van der Waals surface area contributed by atoms with Crippen LogP contribution in [0.25, 0.3) is 28.1 Å². The lowest BCUT2D eigenvalue weighted by Gasteiger charge is -2.24. The van der Waals surface area contributed by atoms with Gasteiger partial charge in [-0.05, 0) is 43.7 Å². The first kappa shape index (κ1) is 18.4. The van der Waals surface area contributed by atoms with Gasteiger partial charge >= 0.3 is 0 Å². The number of nitrogens with zero attached hydrogens (tertiary/aromatic N) is 3. The highest BCUT2D eigenvalue weighted by atomic mass is 19.1. The summed E-state index contributed by atoms with van der Waals surface area (Å²) in [6, 6.07) is 3.31. The van der Waals surface area contributed by atoms with E-state index in [2.05, 4.69) is 22.1 Å². The van der Waals surface area contributed by atoms with E-state index in [1.165, 1.54) is 16.2 Å². The highest BCUT2D eigenvalue weighted by Gasteiger charge is 2.17. The van der Waals surface area contributed by atoms with E-state index in [0.29, 0.717) is 27.8 Å². The van der Waals surface area contributed by atoms with Crippen molar-refractivity contribution in [2.75, 3.05) is 27.2 Å². The number of aromatic amines is 1. The van der Waals surface area contributed by atoms with Gasteiger partial charge in [-0.3, -0.25) is 9.89 Å². The van der Waals surface area contributed by atoms with Gasteiger partial charge in [-0.1, -0.05) is 5.57 Å². The largest absolute Gasteiger partial charge is 0.496 e. The maximum atomic E-state index is 15.1. The smallest absolute Gasteiger partial charge is 0.276 e. The SMILES string of the molecule is COc1cc(-c2cn(C)c(=O)c3[nH]ncc23)cc(F)c1C=C1CCN(C)CC1. The monoisotopic (exact) mass is 382 g/mol. The number of nitrogens with one attached hydrogen (secondary N) is 1. The summed E-state index contributed by atoms with van der Waals surface area (Å²) in [7, 11) is 5.30. The maximum absolute atomic E-state index is 15.1. The Bertz CT molecular complexity index is 1120. The van der Waals surface area contributed by atoms with Crippen molar-refractivity contribution in [2.24, 2.45) is 7.05 Å². The van der Waals surface area contributed by atoms with Crippen molar-refractivity contribution in [1.29, 1.82) is 0 Å². The van der Waals surface area contributed by atoms with Gasteiger partial charge in [-0.2, -0.15) is 5.10 Å². The van der Waals surface area contributed by atoms with Crippen LogP contribution in [0.2, 0.25) is 0 Å². The molecule has 146 valence electrons. The number of rotatable bonds is 3. The summed E-state index contributed by atoms with van der Waals surface area (Å²) >= 11 is 0. The number of H-pyrrole nitrogens is 1. The molecule has 2 aromatic heterocycles. The van der Waals surface area contributed by atoms with Crippen molar-refractivity contribution in [3.63, 3.8) is 0 Å². The van der Waals surface area contributed by atoms with Gasteiger partial charge in [0.1, 0.15) is 17.1 Å². The lowest BCUT2D eigenvalue weighted by molar-refractivity contribution is 0.313. The fourth-order valence-electron chi connectivity index (χ4n) is 3.69. The van der Waals surface area contributed by atoms with Gasteiger partial charge < -0.3 is 14.2 Å². The molecule has 1 N–H and O–H groups in total. The summed E-state index contributed by atoms with van der Waals surface area (Å²) in [5, 5.41) is 7.37. The molecule has 0 unspecified atom stereocenters. The molecule has 3 heterocycles. The number of aromatic nitrogens is 3. The second-order valence-corrected chi connectivity index (χ2v) is 7.30. The van der Waals surface area contributed by atoms with E-state index < -0.39 is 0 Å². The molecule has 0 atom stereocenters. The molecule has 1 fully saturated rings. The molecular weight excluding hydrogens is 359 g/mol. The quantitative estimate of drug-likeness (QED) is 0.756. The minimum absolute atomic E-state index is 0.174. The Balaban J connectivity index is 1.82. The number of methoxy groups -OCH3 is 1. The fraction of sp³-hybridized carbons (Fsp3) is 0.333. The number of fused-ring (bicyclic) bond motifs is 1. The van der Waals surface area contributed by atoms with E-state index in [-0.39, 0.29) is 11.4 Å². The van der Waals surface area contributed by atoms with Gasteiger partial charge in [0.05, 0.1) is 18.9 Å². The second kappa shape index (κ2) is 7.24. The molecule has 4 rings (SSSR count). The second-order valence-electron chi connectivity index (χ2n) is 7.30. The third-order valence-electron chi connectivity index (χ3n) is 5.39. The zero-order chi connectivity index (χ0) is 19.8. The molecule has 0 spiro atoms. The van der Waals surface area contributed by atoms with Crippen LogP contribution in [0.1, 0.15) is 18.4 Å². The van der Waals surface area contributed by atoms with E-state index in [1.54, 1.807) is 26.6 Å². The summed E-state index contributed by atoms with van der Waals surface area (Å²) in [5.41, 5.74) is 3.29. The number of benzene rings is 1. The van der Waals surface area contributed by atoms with Crippen LogP contribution in [0.5, 0.6) is 5.75 Å². The molecule has 0 saturated carbocycles. The first-order valence-electron chi connectivity index (χ1n) is 9.26. The molecule has 1 saturated heterocycles. The number of pyridine rings is 1. The van der Waals surface area contributed by atoms with Crippen molar-refractivity contribution in [3.8, 4) is 16.9 Å². The topological polar surface area (TPSA) is 63.1 Å². The van der Waals surface area contributed by atoms with Crippen molar-refractivity contribution in [2.45, 2.75) is 12.8 Å². The molecule has 1 aliphatic heterocycles. The maximum Gasteiger partial charge on any atom is 0.276 e. The number of halogens is 1. The molecule has 0 amide bonds. The normalized spacial score (nSPS) is 15.2. The van der Waals surface area contributed by atoms with Gasteiger partial charge in [-0.25, -0.2) is 4.39 Å². The Morgan fingerprint density at radius 3 is 2.71 bits per heavy atom. The minimum atomic E-state index is -0.341. The van der Waals surface area contributed by atoms with Crippen molar-refractivity contribution in [1.82, 2.24) is 19.7 Å². The van der Waals surface area contributed by atoms with Gasteiger partial charge in [0.25, 0.3) is 5.56 Å². The third kappa shape index (κ3) is 3.22. The van der Waals surface area contributed by atoms with E-state index in [0.717, 1.165) is 31.5 Å². The Labute approximate surface area is 162 Å². The van der Waals surface area contributed by atoms with Crippen LogP contribution in [0.4, 0.5) is 4.39 Å². The van der Waals surface area contributed by atoms with Crippen LogP contribution in [-0.4, -0.2) is 46.9 Å². The average molecular weight is 382 g/mol. The molecule has 7 heteroatoms. The number of aryl methyl sites for hydroxylation is 1. The van der Waals surface area contributed by atoms with Crippen LogP contribution in [0.15, 0.2) is 34.9 Å². The highest BCUT2D eigenvalue weighted by molar-refractivity contribution is 5.93. The van der Waals surface area contributed by atoms with Crippen molar-refractivity contribution < 1.29 is 9.13 Å². The zero-order valence-corrected chi connectivity index (χ0v) is 16.3. The van der Waals surface area contributed by atoms with Gasteiger partial charge in [-0.15, -0.1) is 0 Å². The summed E-state index contributed by atoms with van der Waals surface area (Å²) in [4.78, 5) is 14.5. The Morgan fingerprint density at radius 2 is 2.00 bits per heavy atom. The van der Waals surface area contributed by atoms with E-state index >= 15 is 4.39 Å². The molecule has 28 heavy (non-hydrogen) atoms. The average Bonchev–Trinajstić information content (AvgIpc) is 3.18. The van der Waals surface area contributed by atoms with Crippen molar-refractivity contribution in [3.05, 3.63) is 51.8 Å². The van der Waals surface area contributed by atoms with Crippen LogP contribution in [-0.2, 0) is 7.05 Å². The molecule has 0 aliphatic carbocycles. The molecule has 0 radical (unpaired) electrons. The number of likely N-dealkylation sites (tertiary alicyclic amines) is 1. The van der Waals surface area contributed by atoms with Crippen LogP contribution >= 0.6 is 0 Å². The highest BCUT2D eigenvalue weighted by Crippen LogP contribution is 2.34.